The third-order valence-corrected chi connectivity index (χ3v) is 5.96. The summed E-state index contributed by atoms with van der Waals surface area (Å²) in [4.78, 5) is 16.7. The number of ether oxygens (including phenoxy) is 2. The Kier molecular flexibility index (Phi) is 9.32. The molecule has 2 unspecified atom stereocenters. The molecule has 0 bridgehead atoms. The molecule has 1 heterocycles. The normalized spacial score (nSPS) is 17.5. The molecule has 186 valence electrons. The number of rotatable bonds is 11. The molecule has 1 saturated heterocycles. The van der Waals surface area contributed by atoms with E-state index >= 15 is 0 Å². The summed E-state index contributed by atoms with van der Waals surface area (Å²) < 4.78 is 47.7. The van der Waals surface area contributed by atoms with Crippen LogP contribution in [0.25, 0.3) is 0 Å². The van der Waals surface area contributed by atoms with Gasteiger partial charge in [-0.2, -0.15) is 13.2 Å². The van der Waals surface area contributed by atoms with Gasteiger partial charge < -0.3 is 19.7 Å². The average Bonchev–Trinajstić information content (AvgIpc) is 3.28. The highest BCUT2D eigenvalue weighted by Crippen LogP contribution is 2.28. The summed E-state index contributed by atoms with van der Waals surface area (Å²) in [5, 5.41) is 2.32. The maximum atomic E-state index is 12.3. The van der Waals surface area contributed by atoms with Gasteiger partial charge in [0.15, 0.2) is 0 Å². The second kappa shape index (κ2) is 12.2. The molecule has 0 spiro atoms. The van der Waals surface area contributed by atoms with Crippen molar-refractivity contribution >= 4 is 11.6 Å². The molecule has 0 aromatic heterocycles. The average molecular weight is 480 g/mol. The fraction of sp³-hybridized carbons (Fsp3) is 0.480. The Morgan fingerprint density at radius 1 is 1.18 bits per heavy atom. The first kappa shape index (κ1) is 26.0. The van der Waals surface area contributed by atoms with Gasteiger partial charge in [0.05, 0.1) is 18.6 Å². The lowest BCUT2D eigenvalue weighted by Gasteiger charge is -2.33. The number of hydrogen-bond donors (Lipinski definition) is 1. The van der Waals surface area contributed by atoms with Crippen molar-refractivity contribution in [2.45, 2.75) is 31.2 Å². The largest absolute Gasteiger partial charge is 0.390 e. The molecule has 1 N–H and O–H groups in total. The van der Waals surface area contributed by atoms with E-state index in [4.69, 9.17) is 9.47 Å². The molecule has 6 nitrogen and oxygen atoms in total. The summed E-state index contributed by atoms with van der Waals surface area (Å²) in [7, 11) is 3.62. The van der Waals surface area contributed by atoms with E-state index in [2.05, 4.69) is 27.2 Å². The molecule has 1 aliphatic rings. The first-order chi connectivity index (χ1) is 16.3. The molecular formula is C25H32F3N3O3. The Morgan fingerprint density at radius 2 is 1.88 bits per heavy atom. The number of carbonyl (C=O) groups is 1. The molecule has 0 radical (unpaired) electrons. The van der Waals surface area contributed by atoms with Crippen molar-refractivity contribution in [2.24, 2.45) is 0 Å². The van der Waals surface area contributed by atoms with Crippen molar-refractivity contribution in [3.8, 4) is 0 Å². The van der Waals surface area contributed by atoms with Gasteiger partial charge in [-0.05, 0) is 36.2 Å². The minimum Gasteiger partial charge on any atom is -0.366 e. The SMILES string of the molecule is COCOC1CCN(CC(c2ccccc2)N(C)c2ccc(C(=O)NCCC(F)(F)F)cc2)C1. The second-order valence-corrected chi connectivity index (χ2v) is 8.45. The highest BCUT2D eigenvalue weighted by Gasteiger charge is 2.28. The monoisotopic (exact) mass is 479 g/mol. The van der Waals surface area contributed by atoms with Gasteiger partial charge in [0.25, 0.3) is 5.91 Å². The Morgan fingerprint density at radius 3 is 2.53 bits per heavy atom. The zero-order valence-electron chi connectivity index (χ0n) is 19.6. The standard InChI is InChI=1S/C25H32F3N3O3/c1-30(21-10-8-20(9-11-21)24(32)29-14-13-25(26,27)28)23(19-6-4-3-5-7-19)17-31-15-12-22(16-31)34-18-33-2/h3-11,22-23H,12-18H2,1-2H3,(H,29,32). The summed E-state index contributed by atoms with van der Waals surface area (Å²) in [6.07, 6.45) is -4.24. The Bertz CT molecular complexity index is 894. The Balaban J connectivity index is 1.66. The van der Waals surface area contributed by atoms with Gasteiger partial charge in [-0.25, -0.2) is 0 Å². The van der Waals surface area contributed by atoms with Gasteiger partial charge in [0.2, 0.25) is 0 Å². The molecule has 1 fully saturated rings. The van der Waals surface area contributed by atoms with Gasteiger partial charge in [-0.3, -0.25) is 9.69 Å². The van der Waals surface area contributed by atoms with Gasteiger partial charge in [-0.15, -0.1) is 0 Å². The number of benzene rings is 2. The van der Waals surface area contributed by atoms with Crippen molar-refractivity contribution in [3.63, 3.8) is 0 Å². The predicted molar refractivity (Wildman–Crippen MR) is 125 cm³/mol. The van der Waals surface area contributed by atoms with Crippen LogP contribution in [0.15, 0.2) is 54.6 Å². The van der Waals surface area contributed by atoms with E-state index in [0.717, 1.165) is 31.7 Å². The first-order valence-corrected chi connectivity index (χ1v) is 11.3. The summed E-state index contributed by atoms with van der Waals surface area (Å²) in [5.74, 6) is -0.516. The smallest absolute Gasteiger partial charge is 0.366 e. The number of amides is 1. The van der Waals surface area contributed by atoms with Crippen LogP contribution in [0.1, 0.15) is 34.8 Å². The molecular weight excluding hydrogens is 447 g/mol. The molecule has 3 rings (SSSR count). The van der Waals surface area contributed by atoms with E-state index in [9.17, 15) is 18.0 Å². The van der Waals surface area contributed by atoms with Gasteiger partial charge in [0.1, 0.15) is 6.79 Å². The number of alkyl halides is 3. The van der Waals surface area contributed by atoms with Crippen molar-refractivity contribution in [1.82, 2.24) is 10.2 Å². The molecule has 2 atom stereocenters. The number of carbonyl (C=O) groups excluding carboxylic acids is 1. The van der Waals surface area contributed by atoms with Crippen LogP contribution in [0.3, 0.4) is 0 Å². The van der Waals surface area contributed by atoms with Crippen molar-refractivity contribution < 1.29 is 27.4 Å². The molecule has 1 aliphatic heterocycles. The van der Waals surface area contributed by atoms with E-state index in [1.807, 2.05) is 37.4 Å². The van der Waals surface area contributed by atoms with Crippen molar-refractivity contribution in [3.05, 3.63) is 65.7 Å². The Labute approximate surface area is 198 Å². The fourth-order valence-electron chi connectivity index (χ4n) is 4.08. The van der Waals surface area contributed by atoms with Crippen LogP contribution in [0.2, 0.25) is 0 Å². The van der Waals surface area contributed by atoms with Crippen molar-refractivity contribution in [1.29, 1.82) is 0 Å². The number of nitrogens with one attached hydrogen (secondary N) is 1. The zero-order chi connectivity index (χ0) is 24.6. The number of anilines is 1. The lowest BCUT2D eigenvalue weighted by atomic mass is 10.0. The van der Waals surface area contributed by atoms with Gasteiger partial charge in [-0.1, -0.05) is 30.3 Å². The molecule has 2 aromatic rings. The van der Waals surface area contributed by atoms with E-state index in [-0.39, 0.29) is 18.9 Å². The number of hydrogen-bond acceptors (Lipinski definition) is 5. The minimum atomic E-state index is -4.29. The minimum absolute atomic E-state index is 0.0637. The lowest BCUT2D eigenvalue weighted by Crippen LogP contribution is -2.36. The van der Waals surface area contributed by atoms with Crippen LogP contribution in [-0.4, -0.2) is 70.2 Å². The molecule has 34 heavy (non-hydrogen) atoms. The molecule has 2 aromatic carbocycles. The lowest BCUT2D eigenvalue weighted by molar-refractivity contribution is -0.133. The van der Waals surface area contributed by atoms with Crippen LogP contribution in [-0.2, 0) is 9.47 Å². The molecule has 0 saturated carbocycles. The Hall–Kier alpha value is -2.62. The summed E-state index contributed by atoms with van der Waals surface area (Å²) in [6, 6.07) is 17.2. The molecule has 9 heteroatoms. The topological polar surface area (TPSA) is 54.0 Å². The van der Waals surface area contributed by atoms with E-state index in [1.54, 1.807) is 19.2 Å². The maximum Gasteiger partial charge on any atom is 0.390 e. The van der Waals surface area contributed by atoms with E-state index in [0.29, 0.717) is 5.56 Å². The van der Waals surface area contributed by atoms with Crippen LogP contribution < -0.4 is 10.2 Å². The number of methoxy groups -OCH3 is 1. The maximum absolute atomic E-state index is 12.3. The number of likely N-dealkylation sites (tertiary alicyclic amines) is 1. The third kappa shape index (κ3) is 7.72. The quantitative estimate of drug-likeness (QED) is 0.489. The van der Waals surface area contributed by atoms with Crippen LogP contribution in [0, 0.1) is 0 Å². The van der Waals surface area contributed by atoms with Gasteiger partial charge in [0, 0.05) is 51.6 Å². The number of nitrogens with zero attached hydrogens (tertiary/aromatic N) is 2. The molecule has 1 amide bonds. The van der Waals surface area contributed by atoms with Crippen LogP contribution in [0.5, 0.6) is 0 Å². The van der Waals surface area contributed by atoms with E-state index < -0.39 is 25.0 Å². The first-order valence-electron chi connectivity index (χ1n) is 11.3. The predicted octanol–water partition coefficient (Wildman–Crippen LogP) is 4.24. The second-order valence-electron chi connectivity index (χ2n) is 8.45. The zero-order valence-corrected chi connectivity index (χ0v) is 19.6. The summed E-state index contributed by atoms with van der Waals surface area (Å²) in [5.41, 5.74) is 2.40. The fourth-order valence-corrected chi connectivity index (χ4v) is 4.08. The molecule has 0 aliphatic carbocycles. The number of likely N-dealkylation sites (N-methyl/N-ethyl adjacent to an activating group) is 1. The highest BCUT2D eigenvalue weighted by molar-refractivity contribution is 5.94. The third-order valence-electron chi connectivity index (χ3n) is 5.96. The van der Waals surface area contributed by atoms with Crippen molar-refractivity contribution in [2.75, 3.05) is 52.0 Å². The van der Waals surface area contributed by atoms with E-state index in [1.165, 1.54) is 5.56 Å². The summed E-state index contributed by atoms with van der Waals surface area (Å²) >= 11 is 0. The van der Waals surface area contributed by atoms with Crippen LogP contribution in [0.4, 0.5) is 18.9 Å². The summed E-state index contributed by atoms with van der Waals surface area (Å²) in [6.45, 7) is 2.41. The number of halogens is 3. The van der Waals surface area contributed by atoms with Gasteiger partial charge >= 0.3 is 6.18 Å². The van der Waals surface area contributed by atoms with Crippen LogP contribution >= 0.6 is 0 Å². The highest BCUT2D eigenvalue weighted by atomic mass is 19.4.